The summed E-state index contributed by atoms with van der Waals surface area (Å²) in [6.45, 7) is 7.37. The molecule has 36 heavy (non-hydrogen) atoms. The summed E-state index contributed by atoms with van der Waals surface area (Å²) in [5, 5.41) is 2.89. The number of likely N-dealkylation sites (tertiary alicyclic amines) is 1. The maximum Gasteiger partial charge on any atom is 0.275 e. The maximum absolute atomic E-state index is 13.6. The summed E-state index contributed by atoms with van der Waals surface area (Å²) in [6.07, 6.45) is 14.3. The number of carbonyl (C=O) groups is 1. The van der Waals surface area contributed by atoms with Crippen molar-refractivity contribution in [1.29, 1.82) is 0 Å². The van der Waals surface area contributed by atoms with Gasteiger partial charge in [0.2, 0.25) is 5.91 Å². The van der Waals surface area contributed by atoms with E-state index in [4.69, 9.17) is 4.74 Å². The Morgan fingerprint density at radius 2 is 1.94 bits per heavy atom. The highest BCUT2D eigenvalue weighted by molar-refractivity contribution is 5.77. The van der Waals surface area contributed by atoms with Gasteiger partial charge in [0.1, 0.15) is 17.8 Å². The van der Waals surface area contributed by atoms with E-state index in [0.29, 0.717) is 17.0 Å². The van der Waals surface area contributed by atoms with Gasteiger partial charge >= 0.3 is 0 Å². The standard InChI is InChI=1S/C29H38N4O3/c1-22(2)30-28(34)21-33-27(24-12-10-13-25(18-24)36-3)20-32-19-23(17-26(32)29(33)35)11-6-4-7-14-31-15-8-5-9-16-31/h6,10-13,17-20,22H,4-5,7-9,14-16,21H2,1-3H3,(H,30,34). The highest BCUT2D eigenvalue weighted by Crippen LogP contribution is 2.24. The van der Waals surface area contributed by atoms with Gasteiger partial charge in [-0.2, -0.15) is 0 Å². The average Bonchev–Trinajstić information content (AvgIpc) is 3.29. The third kappa shape index (κ3) is 6.46. The summed E-state index contributed by atoms with van der Waals surface area (Å²) in [7, 11) is 1.61. The molecule has 1 saturated heterocycles. The highest BCUT2D eigenvalue weighted by atomic mass is 16.5. The van der Waals surface area contributed by atoms with E-state index in [0.717, 1.165) is 30.5 Å². The Hall–Kier alpha value is -3.32. The number of ether oxygens (including phenoxy) is 1. The molecule has 0 aliphatic carbocycles. The summed E-state index contributed by atoms with van der Waals surface area (Å²) in [5.74, 6) is 0.500. The molecule has 0 bridgehead atoms. The fourth-order valence-corrected chi connectivity index (χ4v) is 4.84. The SMILES string of the molecule is COc1cccc(-c2cn3cc(C=CCCCN4CCCCC4)cc3c(=O)n2CC(=O)NC(C)C)c1. The highest BCUT2D eigenvalue weighted by Gasteiger charge is 2.16. The minimum Gasteiger partial charge on any atom is -0.497 e. The summed E-state index contributed by atoms with van der Waals surface area (Å²) in [5.41, 5.74) is 2.81. The number of methoxy groups -OCH3 is 1. The molecular formula is C29H38N4O3. The first-order valence-corrected chi connectivity index (χ1v) is 13.0. The molecule has 1 aliphatic heterocycles. The van der Waals surface area contributed by atoms with Crippen LogP contribution in [0.2, 0.25) is 0 Å². The zero-order valence-electron chi connectivity index (χ0n) is 21.7. The number of rotatable bonds is 10. The van der Waals surface area contributed by atoms with Crippen molar-refractivity contribution in [2.24, 2.45) is 0 Å². The van der Waals surface area contributed by atoms with E-state index in [1.54, 1.807) is 11.7 Å². The number of hydrogen-bond donors (Lipinski definition) is 1. The Morgan fingerprint density at radius 3 is 2.69 bits per heavy atom. The van der Waals surface area contributed by atoms with Gasteiger partial charge in [-0.15, -0.1) is 0 Å². The fraction of sp³-hybridized carbons (Fsp3) is 0.448. The van der Waals surface area contributed by atoms with Gasteiger partial charge in [-0.25, -0.2) is 0 Å². The van der Waals surface area contributed by atoms with Crippen LogP contribution in [-0.2, 0) is 11.3 Å². The first-order valence-electron chi connectivity index (χ1n) is 13.0. The van der Waals surface area contributed by atoms with Gasteiger partial charge < -0.3 is 19.4 Å². The van der Waals surface area contributed by atoms with Crippen LogP contribution in [0.25, 0.3) is 22.9 Å². The van der Waals surface area contributed by atoms with E-state index in [1.807, 2.05) is 61.0 Å². The van der Waals surface area contributed by atoms with Crippen LogP contribution in [0.3, 0.4) is 0 Å². The number of benzene rings is 1. The molecule has 7 heteroatoms. The van der Waals surface area contributed by atoms with Gasteiger partial charge in [0.25, 0.3) is 5.56 Å². The minimum atomic E-state index is -0.195. The summed E-state index contributed by atoms with van der Waals surface area (Å²) in [4.78, 5) is 28.7. The number of allylic oxidation sites excluding steroid dienone is 1. The molecule has 1 aromatic carbocycles. The van der Waals surface area contributed by atoms with Crippen LogP contribution in [0.4, 0.5) is 0 Å². The summed E-state index contributed by atoms with van der Waals surface area (Å²) < 4.78 is 8.80. The molecule has 0 atom stereocenters. The van der Waals surface area contributed by atoms with E-state index >= 15 is 0 Å². The van der Waals surface area contributed by atoms with Crippen molar-refractivity contribution in [1.82, 2.24) is 19.2 Å². The lowest BCUT2D eigenvalue weighted by Crippen LogP contribution is -2.36. The molecule has 192 valence electrons. The second-order valence-electron chi connectivity index (χ2n) is 9.87. The Balaban J connectivity index is 1.59. The lowest BCUT2D eigenvalue weighted by molar-refractivity contribution is -0.122. The van der Waals surface area contributed by atoms with E-state index in [-0.39, 0.29) is 24.1 Å². The summed E-state index contributed by atoms with van der Waals surface area (Å²) >= 11 is 0. The largest absolute Gasteiger partial charge is 0.497 e. The molecule has 0 spiro atoms. The Bertz CT molecular complexity index is 1270. The number of unbranched alkanes of at least 4 members (excludes halogenated alkanes) is 1. The van der Waals surface area contributed by atoms with Crippen LogP contribution in [0.15, 0.2) is 53.6 Å². The quantitative estimate of drug-likeness (QED) is 0.423. The van der Waals surface area contributed by atoms with Crippen LogP contribution < -0.4 is 15.6 Å². The van der Waals surface area contributed by atoms with Crippen LogP contribution in [0, 0.1) is 0 Å². The number of nitrogens with one attached hydrogen (secondary N) is 1. The zero-order chi connectivity index (χ0) is 25.5. The zero-order valence-corrected chi connectivity index (χ0v) is 21.7. The van der Waals surface area contributed by atoms with Crippen molar-refractivity contribution in [3.8, 4) is 17.0 Å². The molecule has 1 fully saturated rings. The second kappa shape index (κ2) is 12.1. The van der Waals surface area contributed by atoms with Crippen LogP contribution in [0.1, 0.15) is 51.5 Å². The monoisotopic (exact) mass is 490 g/mol. The Labute approximate surface area is 213 Å². The van der Waals surface area contributed by atoms with Gasteiger partial charge in [0.15, 0.2) is 0 Å². The molecule has 3 heterocycles. The predicted octanol–water partition coefficient (Wildman–Crippen LogP) is 4.58. The van der Waals surface area contributed by atoms with Crippen LogP contribution >= 0.6 is 0 Å². The molecule has 2 aromatic heterocycles. The number of nitrogens with zero attached hydrogens (tertiary/aromatic N) is 3. The Kier molecular flexibility index (Phi) is 8.65. The van der Waals surface area contributed by atoms with E-state index in [9.17, 15) is 9.59 Å². The molecule has 1 N–H and O–H groups in total. The van der Waals surface area contributed by atoms with Gasteiger partial charge in [0.05, 0.1) is 12.8 Å². The van der Waals surface area contributed by atoms with Crippen molar-refractivity contribution in [3.63, 3.8) is 0 Å². The predicted molar refractivity (Wildman–Crippen MR) is 145 cm³/mol. The number of hydrogen-bond acceptors (Lipinski definition) is 4. The van der Waals surface area contributed by atoms with Gasteiger partial charge in [-0.3, -0.25) is 14.2 Å². The van der Waals surface area contributed by atoms with Crippen LogP contribution in [0.5, 0.6) is 5.75 Å². The molecule has 4 rings (SSSR count). The normalized spacial score (nSPS) is 14.7. The first kappa shape index (κ1) is 25.8. The molecule has 1 aliphatic rings. The number of amides is 1. The number of aromatic nitrogens is 2. The third-order valence-corrected chi connectivity index (χ3v) is 6.61. The van der Waals surface area contributed by atoms with Crippen molar-refractivity contribution in [2.75, 3.05) is 26.7 Å². The topological polar surface area (TPSA) is 68.0 Å². The number of carbonyl (C=O) groups excluding carboxylic acids is 1. The molecule has 1 amide bonds. The van der Waals surface area contributed by atoms with Gasteiger partial charge in [0, 0.05) is 24.0 Å². The van der Waals surface area contributed by atoms with Crippen LogP contribution in [-0.4, -0.2) is 52.6 Å². The molecule has 0 saturated carbocycles. The van der Waals surface area contributed by atoms with Crippen molar-refractivity contribution in [2.45, 2.75) is 58.5 Å². The van der Waals surface area contributed by atoms with E-state index in [1.165, 1.54) is 32.4 Å². The lowest BCUT2D eigenvalue weighted by atomic mass is 10.1. The van der Waals surface area contributed by atoms with Gasteiger partial charge in [-0.05, 0) is 82.9 Å². The Morgan fingerprint density at radius 1 is 1.14 bits per heavy atom. The minimum absolute atomic E-state index is 0.00263. The van der Waals surface area contributed by atoms with Gasteiger partial charge in [-0.1, -0.05) is 30.7 Å². The fourth-order valence-electron chi connectivity index (χ4n) is 4.84. The van der Waals surface area contributed by atoms with E-state index in [2.05, 4.69) is 22.4 Å². The maximum atomic E-state index is 13.6. The second-order valence-corrected chi connectivity index (χ2v) is 9.87. The van der Waals surface area contributed by atoms with Crippen molar-refractivity contribution >= 4 is 17.5 Å². The van der Waals surface area contributed by atoms with Crippen molar-refractivity contribution < 1.29 is 9.53 Å². The molecule has 3 aromatic rings. The molecular weight excluding hydrogens is 452 g/mol. The average molecular weight is 491 g/mol. The summed E-state index contributed by atoms with van der Waals surface area (Å²) in [6, 6.07) is 9.44. The molecule has 0 radical (unpaired) electrons. The van der Waals surface area contributed by atoms with Crippen molar-refractivity contribution in [3.05, 3.63) is 64.7 Å². The first-order chi connectivity index (χ1) is 17.4. The lowest BCUT2D eigenvalue weighted by Gasteiger charge is -2.25. The molecule has 0 unspecified atom stereocenters. The smallest absolute Gasteiger partial charge is 0.275 e. The third-order valence-electron chi connectivity index (χ3n) is 6.61. The number of piperidine rings is 1. The number of fused-ring (bicyclic) bond motifs is 1. The van der Waals surface area contributed by atoms with E-state index < -0.39 is 0 Å². The molecule has 7 nitrogen and oxygen atoms in total.